The highest BCUT2D eigenvalue weighted by molar-refractivity contribution is 5.77. The van der Waals surface area contributed by atoms with E-state index in [1.807, 2.05) is 0 Å². The minimum absolute atomic E-state index is 0.0250. The van der Waals surface area contributed by atoms with Gasteiger partial charge in [0.2, 0.25) is 0 Å². The van der Waals surface area contributed by atoms with Crippen LogP contribution in [-0.2, 0) is 19.0 Å². The number of hydrogen-bond acceptors (Lipinski definition) is 4. The van der Waals surface area contributed by atoms with Crippen molar-refractivity contribution in [3.05, 3.63) is 0 Å². The Morgan fingerprint density at radius 2 is 1.88 bits per heavy atom. The minimum atomic E-state index is -0.369. The van der Waals surface area contributed by atoms with Gasteiger partial charge in [-0.25, -0.2) is 0 Å². The highest BCUT2D eigenvalue weighted by Gasteiger charge is 2.91. The van der Waals surface area contributed by atoms with Gasteiger partial charge < -0.3 is 14.2 Å². The molecule has 2 saturated heterocycles. The van der Waals surface area contributed by atoms with E-state index in [1.165, 1.54) is 7.11 Å². The first-order valence-electron chi connectivity index (χ1n) is 10.2. The number of rotatable bonds is 2. The van der Waals surface area contributed by atoms with Crippen molar-refractivity contribution in [2.24, 2.45) is 22.7 Å². The van der Waals surface area contributed by atoms with E-state index in [0.29, 0.717) is 11.8 Å². The Labute approximate surface area is 151 Å². The molecule has 0 aromatic carbocycles. The van der Waals surface area contributed by atoms with Crippen LogP contribution in [0.5, 0.6) is 0 Å². The van der Waals surface area contributed by atoms with Crippen molar-refractivity contribution in [1.82, 2.24) is 0 Å². The third-order valence-electron chi connectivity index (χ3n) is 9.30. The molecule has 7 atom stereocenters. The average Bonchev–Trinajstić information content (AvgIpc) is 3.44. The molecule has 0 N–H and O–H groups in total. The van der Waals surface area contributed by atoms with Crippen LogP contribution in [-0.4, -0.2) is 36.0 Å². The van der Waals surface area contributed by atoms with Crippen molar-refractivity contribution < 1.29 is 19.0 Å². The fourth-order valence-electron chi connectivity index (χ4n) is 7.88. The number of methoxy groups -OCH3 is 1. The predicted molar refractivity (Wildman–Crippen MR) is 93.0 cm³/mol. The van der Waals surface area contributed by atoms with E-state index in [-0.39, 0.29) is 39.7 Å². The SMILES string of the molecule is COC(=O)[C@]1(C)CCC[C@@]2(C)[C@H]1CC[C@@]13O[C@@]21CC[C@]1(C(C)C)O[C@H]31. The van der Waals surface area contributed by atoms with E-state index in [0.717, 1.165) is 44.9 Å². The lowest BCUT2D eigenvalue weighted by atomic mass is 9.43. The number of epoxide rings is 2. The molecule has 3 aliphatic carbocycles. The lowest BCUT2D eigenvalue weighted by Crippen LogP contribution is -2.62. The van der Waals surface area contributed by atoms with Gasteiger partial charge in [0.25, 0.3) is 0 Å². The van der Waals surface area contributed by atoms with Gasteiger partial charge in [-0.3, -0.25) is 4.79 Å². The van der Waals surface area contributed by atoms with Gasteiger partial charge in [0.1, 0.15) is 22.9 Å². The molecular formula is C21H32O4. The number of esters is 1. The minimum Gasteiger partial charge on any atom is -0.469 e. The second-order valence-corrected chi connectivity index (χ2v) is 10.2. The van der Waals surface area contributed by atoms with Crippen molar-refractivity contribution in [1.29, 1.82) is 0 Å². The topological polar surface area (TPSA) is 51.4 Å². The number of carbonyl (C=O) groups excluding carboxylic acids is 1. The van der Waals surface area contributed by atoms with Gasteiger partial charge in [-0.1, -0.05) is 27.2 Å². The Hall–Kier alpha value is -0.610. The highest BCUT2D eigenvalue weighted by atomic mass is 16.7. The maximum Gasteiger partial charge on any atom is 0.311 e. The first-order valence-corrected chi connectivity index (χ1v) is 10.2. The van der Waals surface area contributed by atoms with Gasteiger partial charge in [0, 0.05) is 5.41 Å². The molecule has 0 amide bonds. The van der Waals surface area contributed by atoms with Crippen LogP contribution in [0, 0.1) is 22.7 Å². The molecule has 2 heterocycles. The number of ether oxygens (including phenoxy) is 3. The average molecular weight is 348 g/mol. The third-order valence-corrected chi connectivity index (χ3v) is 9.30. The summed E-state index contributed by atoms with van der Waals surface area (Å²) in [7, 11) is 1.54. The highest BCUT2D eigenvalue weighted by Crippen LogP contribution is 2.81. The molecule has 0 radical (unpaired) electrons. The Morgan fingerprint density at radius 3 is 2.56 bits per heavy atom. The van der Waals surface area contributed by atoms with Crippen LogP contribution in [0.25, 0.3) is 0 Å². The monoisotopic (exact) mass is 348 g/mol. The summed E-state index contributed by atoms with van der Waals surface area (Å²) in [5, 5.41) is 0. The van der Waals surface area contributed by atoms with Crippen LogP contribution in [0.4, 0.5) is 0 Å². The van der Waals surface area contributed by atoms with Crippen molar-refractivity contribution in [2.45, 2.75) is 95.5 Å². The Morgan fingerprint density at radius 1 is 1.12 bits per heavy atom. The molecule has 5 rings (SSSR count). The van der Waals surface area contributed by atoms with Crippen LogP contribution in [0.15, 0.2) is 0 Å². The molecule has 3 saturated carbocycles. The van der Waals surface area contributed by atoms with Crippen LogP contribution in [0.3, 0.4) is 0 Å². The van der Waals surface area contributed by atoms with Gasteiger partial charge in [-0.2, -0.15) is 0 Å². The normalized spacial score (nSPS) is 58.5. The molecule has 5 fully saturated rings. The van der Waals surface area contributed by atoms with Crippen LogP contribution in [0.1, 0.15) is 72.6 Å². The van der Waals surface area contributed by atoms with E-state index >= 15 is 0 Å². The van der Waals surface area contributed by atoms with Gasteiger partial charge in [-0.15, -0.1) is 0 Å². The predicted octanol–water partition coefficient (Wildman–Crippen LogP) is 3.86. The quantitative estimate of drug-likeness (QED) is 0.562. The molecule has 2 aliphatic heterocycles. The largest absolute Gasteiger partial charge is 0.469 e. The lowest BCUT2D eigenvalue weighted by Gasteiger charge is -2.57. The van der Waals surface area contributed by atoms with Crippen molar-refractivity contribution in [3.63, 3.8) is 0 Å². The van der Waals surface area contributed by atoms with Gasteiger partial charge in [-0.05, 0) is 57.3 Å². The fourth-order valence-corrected chi connectivity index (χ4v) is 7.88. The zero-order chi connectivity index (χ0) is 17.9. The van der Waals surface area contributed by atoms with Gasteiger partial charge in [0.15, 0.2) is 0 Å². The van der Waals surface area contributed by atoms with Crippen molar-refractivity contribution >= 4 is 5.97 Å². The van der Waals surface area contributed by atoms with Crippen molar-refractivity contribution in [2.75, 3.05) is 7.11 Å². The second-order valence-electron chi connectivity index (χ2n) is 10.2. The Kier molecular flexibility index (Phi) is 2.94. The number of fused-ring (bicyclic) bond motifs is 2. The molecule has 25 heavy (non-hydrogen) atoms. The summed E-state index contributed by atoms with van der Waals surface area (Å²) in [5.41, 5.74) is -0.399. The van der Waals surface area contributed by atoms with E-state index in [9.17, 15) is 4.79 Å². The van der Waals surface area contributed by atoms with E-state index in [4.69, 9.17) is 14.2 Å². The maximum absolute atomic E-state index is 12.7. The maximum atomic E-state index is 12.7. The second kappa shape index (κ2) is 4.44. The molecule has 0 spiro atoms. The van der Waals surface area contributed by atoms with E-state index in [2.05, 4.69) is 27.7 Å². The summed E-state index contributed by atoms with van der Waals surface area (Å²) in [5.74, 6) is 0.872. The summed E-state index contributed by atoms with van der Waals surface area (Å²) in [6.45, 7) is 9.12. The molecule has 140 valence electrons. The van der Waals surface area contributed by atoms with E-state index in [1.54, 1.807) is 0 Å². The zero-order valence-corrected chi connectivity index (χ0v) is 16.3. The van der Waals surface area contributed by atoms with Crippen LogP contribution >= 0.6 is 0 Å². The zero-order valence-electron chi connectivity index (χ0n) is 16.3. The first kappa shape index (κ1) is 16.6. The standard InChI is InChI=1S/C21H32O4/c1-13(2)19-11-12-21-18(4)9-6-8-17(3,16(22)23-5)14(18)7-10-20(21,25-21)15(19)24-19/h13-15H,6-12H2,1-5H3/t14-,15-,17+,18-,19+,20-,21-/m0/s1. The number of hydrogen-bond donors (Lipinski definition) is 0. The third kappa shape index (κ3) is 1.54. The summed E-state index contributed by atoms with van der Waals surface area (Å²) >= 11 is 0. The molecule has 0 aromatic heterocycles. The summed E-state index contributed by atoms with van der Waals surface area (Å²) in [6, 6.07) is 0. The van der Waals surface area contributed by atoms with Crippen LogP contribution < -0.4 is 0 Å². The van der Waals surface area contributed by atoms with E-state index < -0.39 is 0 Å². The molecule has 4 heteroatoms. The molecular weight excluding hydrogens is 316 g/mol. The fraction of sp³-hybridized carbons (Fsp3) is 0.952. The first-order chi connectivity index (χ1) is 11.7. The van der Waals surface area contributed by atoms with Crippen molar-refractivity contribution in [3.8, 4) is 0 Å². The summed E-state index contributed by atoms with van der Waals surface area (Å²) in [6.07, 6.45) is 7.75. The molecule has 0 bridgehead atoms. The number of carbonyl (C=O) groups is 1. The molecule has 0 aromatic rings. The Balaban J connectivity index is 1.53. The Bertz CT molecular complexity index is 646. The van der Waals surface area contributed by atoms with Gasteiger partial charge >= 0.3 is 5.97 Å². The molecule has 0 unspecified atom stereocenters. The van der Waals surface area contributed by atoms with Gasteiger partial charge in [0.05, 0.1) is 12.5 Å². The molecule has 4 nitrogen and oxygen atoms in total. The smallest absolute Gasteiger partial charge is 0.311 e. The van der Waals surface area contributed by atoms with Crippen LogP contribution in [0.2, 0.25) is 0 Å². The summed E-state index contributed by atoms with van der Waals surface area (Å²) in [4.78, 5) is 12.7. The molecule has 5 aliphatic rings. The lowest BCUT2D eigenvalue weighted by molar-refractivity contribution is -0.170. The summed E-state index contributed by atoms with van der Waals surface area (Å²) < 4.78 is 18.3.